The van der Waals surface area contributed by atoms with Crippen LogP contribution in [0.15, 0.2) is 24.3 Å². The van der Waals surface area contributed by atoms with Crippen molar-refractivity contribution in [3.8, 4) is 11.8 Å². The summed E-state index contributed by atoms with van der Waals surface area (Å²) in [6, 6.07) is 4.72. The van der Waals surface area contributed by atoms with Crippen LogP contribution in [0.3, 0.4) is 0 Å². The molecule has 11 heteroatoms. The average Bonchev–Trinajstić information content (AvgIpc) is 2.68. The first-order valence-electron chi connectivity index (χ1n) is 10.8. The molecule has 1 aromatic rings. The number of carbonyl (C=O) groups excluding carboxylic acids is 4. The molecular formula is C23H33N5O6. The Bertz CT molecular complexity index is 935. The number of nitriles is 1. The molecule has 0 saturated heterocycles. The van der Waals surface area contributed by atoms with E-state index in [0.29, 0.717) is 0 Å². The van der Waals surface area contributed by atoms with E-state index < -0.39 is 48.0 Å². The molecule has 4 amide bonds. The zero-order valence-electron chi connectivity index (χ0n) is 20.1. The Hall–Kier alpha value is -3.81. The number of carbonyl (C=O) groups is 4. The van der Waals surface area contributed by atoms with Gasteiger partial charge in [0.1, 0.15) is 30.0 Å². The Morgan fingerprint density at radius 1 is 1.21 bits per heavy atom. The van der Waals surface area contributed by atoms with E-state index >= 15 is 0 Å². The van der Waals surface area contributed by atoms with Crippen LogP contribution in [-0.2, 0) is 19.1 Å². The van der Waals surface area contributed by atoms with Gasteiger partial charge in [-0.1, -0.05) is 12.1 Å². The van der Waals surface area contributed by atoms with Gasteiger partial charge in [0.15, 0.2) is 0 Å². The molecule has 2 atom stereocenters. The maximum absolute atomic E-state index is 13.5. The summed E-state index contributed by atoms with van der Waals surface area (Å²) in [4.78, 5) is 51.4. The van der Waals surface area contributed by atoms with Crippen LogP contribution in [-0.4, -0.2) is 58.1 Å². The molecular weight excluding hydrogens is 442 g/mol. The molecule has 0 radical (unpaired) electrons. The van der Waals surface area contributed by atoms with Gasteiger partial charge in [-0.15, -0.1) is 0 Å². The number of phenolic OH excluding ortho intramolecular Hbond substituents is 1. The molecule has 0 aromatic heterocycles. The summed E-state index contributed by atoms with van der Waals surface area (Å²) < 4.78 is 5.21. The SMILES string of the molecule is CC(C)NC(=O)C(c1cccc(O)c1)N(CC#N)C(=O)C(CCC(N)=O)NC(=O)OC(C)(C)C. The Morgan fingerprint density at radius 3 is 2.35 bits per heavy atom. The monoisotopic (exact) mass is 475 g/mol. The highest BCUT2D eigenvalue weighted by atomic mass is 16.6. The molecule has 0 spiro atoms. The van der Waals surface area contributed by atoms with Gasteiger partial charge < -0.3 is 31.1 Å². The van der Waals surface area contributed by atoms with E-state index in [-0.39, 0.29) is 30.2 Å². The summed E-state index contributed by atoms with van der Waals surface area (Å²) in [6.07, 6.45) is -1.32. The number of alkyl carbamates (subject to hydrolysis) is 1. The number of ether oxygens (including phenoxy) is 1. The summed E-state index contributed by atoms with van der Waals surface area (Å²) in [6.45, 7) is 7.88. The van der Waals surface area contributed by atoms with E-state index in [0.717, 1.165) is 4.90 Å². The van der Waals surface area contributed by atoms with Crippen LogP contribution in [0.5, 0.6) is 5.75 Å². The van der Waals surface area contributed by atoms with Crippen molar-refractivity contribution >= 4 is 23.8 Å². The minimum absolute atomic E-state index is 0.138. The molecule has 11 nitrogen and oxygen atoms in total. The van der Waals surface area contributed by atoms with Crippen molar-refractivity contribution in [1.82, 2.24) is 15.5 Å². The molecule has 34 heavy (non-hydrogen) atoms. The molecule has 0 bridgehead atoms. The number of nitrogens with zero attached hydrogens (tertiary/aromatic N) is 2. The summed E-state index contributed by atoms with van der Waals surface area (Å²) in [5.41, 5.74) is 4.63. The third kappa shape index (κ3) is 9.36. The molecule has 0 heterocycles. The number of nitrogens with one attached hydrogen (secondary N) is 2. The van der Waals surface area contributed by atoms with E-state index in [1.165, 1.54) is 24.3 Å². The summed E-state index contributed by atoms with van der Waals surface area (Å²) >= 11 is 0. The smallest absolute Gasteiger partial charge is 0.408 e. The number of aromatic hydroxyl groups is 1. The van der Waals surface area contributed by atoms with Gasteiger partial charge in [-0.25, -0.2) is 4.79 Å². The van der Waals surface area contributed by atoms with Crippen molar-refractivity contribution in [3.05, 3.63) is 29.8 Å². The van der Waals surface area contributed by atoms with Gasteiger partial charge in [-0.3, -0.25) is 14.4 Å². The molecule has 5 N–H and O–H groups in total. The van der Waals surface area contributed by atoms with Crippen molar-refractivity contribution < 1.29 is 29.0 Å². The van der Waals surface area contributed by atoms with Gasteiger partial charge in [0.25, 0.3) is 0 Å². The number of amides is 4. The summed E-state index contributed by atoms with van der Waals surface area (Å²) in [5, 5.41) is 24.5. The van der Waals surface area contributed by atoms with E-state index in [4.69, 9.17) is 10.5 Å². The largest absolute Gasteiger partial charge is 0.508 e. The van der Waals surface area contributed by atoms with Gasteiger partial charge in [-0.2, -0.15) is 5.26 Å². The molecule has 1 aromatic carbocycles. The van der Waals surface area contributed by atoms with Crippen molar-refractivity contribution in [2.24, 2.45) is 5.73 Å². The first-order valence-corrected chi connectivity index (χ1v) is 10.8. The highest BCUT2D eigenvalue weighted by Gasteiger charge is 2.36. The second kappa shape index (κ2) is 12.4. The fourth-order valence-corrected chi connectivity index (χ4v) is 3.10. The van der Waals surface area contributed by atoms with Crippen LogP contribution in [0.1, 0.15) is 59.1 Å². The van der Waals surface area contributed by atoms with E-state index in [1.807, 2.05) is 6.07 Å². The Kier molecular flexibility index (Phi) is 10.3. The molecule has 2 unspecified atom stereocenters. The molecule has 0 fully saturated rings. The van der Waals surface area contributed by atoms with E-state index in [1.54, 1.807) is 34.6 Å². The molecule has 186 valence electrons. The van der Waals surface area contributed by atoms with Gasteiger partial charge in [0, 0.05) is 12.5 Å². The normalized spacial score (nSPS) is 12.7. The standard InChI is InChI=1S/C23H33N5O6/c1-14(2)26-20(31)19(15-7-6-8-16(29)13-15)28(12-11-24)21(32)17(9-10-18(25)30)27-22(33)34-23(3,4)5/h6-8,13-14,17,19,29H,9-10,12H2,1-5H3,(H2,25,30)(H,26,31)(H,27,33). The van der Waals surface area contributed by atoms with Crippen LogP contribution in [0.4, 0.5) is 4.79 Å². The number of rotatable bonds is 10. The predicted molar refractivity (Wildman–Crippen MR) is 123 cm³/mol. The molecule has 0 aliphatic rings. The van der Waals surface area contributed by atoms with Gasteiger partial charge in [0.05, 0.1) is 6.07 Å². The maximum Gasteiger partial charge on any atom is 0.408 e. The first kappa shape index (κ1) is 28.2. The molecule has 0 aliphatic heterocycles. The molecule has 0 aliphatic carbocycles. The van der Waals surface area contributed by atoms with Crippen molar-refractivity contribution in [1.29, 1.82) is 5.26 Å². The minimum Gasteiger partial charge on any atom is -0.508 e. The topological polar surface area (TPSA) is 175 Å². The summed E-state index contributed by atoms with van der Waals surface area (Å²) in [5.74, 6) is -2.21. The lowest BCUT2D eigenvalue weighted by molar-refractivity contribution is -0.142. The van der Waals surface area contributed by atoms with Crippen molar-refractivity contribution in [2.45, 2.75) is 71.2 Å². The van der Waals surface area contributed by atoms with Crippen LogP contribution in [0, 0.1) is 11.3 Å². The molecule has 0 saturated carbocycles. The minimum atomic E-state index is -1.30. The fraction of sp³-hybridized carbons (Fsp3) is 0.522. The van der Waals surface area contributed by atoms with Crippen LogP contribution in [0.25, 0.3) is 0 Å². The number of phenols is 1. The van der Waals surface area contributed by atoms with Crippen LogP contribution in [0.2, 0.25) is 0 Å². The Labute approximate surface area is 199 Å². The van der Waals surface area contributed by atoms with Crippen LogP contribution >= 0.6 is 0 Å². The lowest BCUT2D eigenvalue weighted by atomic mass is 10.0. The zero-order chi connectivity index (χ0) is 26.1. The highest BCUT2D eigenvalue weighted by molar-refractivity contribution is 5.92. The zero-order valence-corrected chi connectivity index (χ0v) is 20.1. The van der Waals surface area contributed by atoms with Crippen molar-refractivity contribution in [2.75, 3.05) is 6.54 Å². The third-order valence-corrected chi connectivity index (χ3v) is 4.37. The summed E-state index contributed by atoms with van der Waals surface area (Å²) in [7, 11) is 0. The maximum atomic E-state index is 13.5. The van der Waals surface area contributed by atoms with E-state index in [2.05, 4.69) is 10.6 Å². The average molecular weight is 476 g/mol. The second-order valence-electron chi connectivity index (χ2n) is 8.99. The lowest BCUT2D eigenvalue weighted by Crippen LogP contribution is -2.53. The second-order valence-corrected chi connectivity index (χ2v) is 8.99. The number of nitrogens with two attached hydrogens (primary N) is 1. The van der Waals surface area contributed by atoms with Gasteiger partial charge in [0.2, 0.25) is 17.7 Å². The number of primary amides is 1. The Balaban J connectivity index is 3.43. The molecule has 1 rings (SSSR count). The fourth-order valence-electron chi connectivity index (χ4n) is 3.10. The highest BCUT2D eigenvalue weighted by Crippen LogP contribution is 2.26. The van der Waals surface area contributed by atoms with Crippen molar-refractivity contribution in [3.63, 3.8) is 0 Å². The number of hydrogen-bond acceptors (Lipinski definition) is 7. The third-order valence-electron chi connectivity index (χ3n) is 4.37. The lowest BCUT2D eigenvalue weighted by Gasteiger charge is -2.33. The number of benzene rings is 1. The Morgan fingerprint density at radius 2 is 1.85 bits per heavy atom. The van der Waals surface area contributed by atoms with Crippen LogP contribution < -0.4 is 16.4 Å². The first-order chi connectivity index (χ1) is 15.7. The predicted octanol–water partition coefficient (Wildman–Crippen LogP) is 1.47. The van der Waals surface area contributed by atoms with E-state index in [9.17, 15) is 29.5 Å². The van der Waals surface area contributed by atoms with Gasteiger partial charge >= 0.3 is 6.09 Å². The number of hydrogen-bond donors (Lipinski definition) is 4. The quantitative estimate of drug-likeness (QED) is 0.370. The van der Waals surface area contributed by atoms with Gasteiger partial charge in [-0.05, 0) is 58.7 Å².